The molecule has 0 N–H and O–H groups in total. The highest BCUT2D eigenvalue weighted by Gasteiger charge is 2.83. The average molecular weight is 404 g/mol. The number of rotatable bonds is 4. The van der Waals surface area contributed by atoms with Crippen LogP contribution >= 0.6 is 0 Å². The lowest BCUT2D eigenvalue weighted by molar-refractivity contribution is -0.172. The predicted molar refractivity (Wildman–Crippen MR) is 93.6 cm³/mol. The first-order valence-electron chi connectivity index (χ1n) is 8.65. The van der Waals surface area contributed by atoms with Crippen LogP contribution in [-0.2, 0) is 38.1 Å². The molecule has 0 aromatic rings. The Labute approximate surface area is 166 Å². The molecular formula is C19H20N2O8. The van der Waals surface area contributed by atoms with Crippen molar-refractivity contribution in [2.24, 2.45) is 16.7 Å². The van der Waals surface area contributed by atoms with Crippen molar-refractivity contribution < 1.29 is 38.1 Å². The van der Waals surface area contributed by atoms with E-state index in [4.69, 9.17) is 18.9 Å². The molecule has 0 unspecified atom stereocenters. The van der Waals surface area contributed by atoms with E-state index >= 15 is 0 Å². The second-order valence-electron chi connectivity index (χ2n) is 7.04. The number of methoxy groups -OCH3 is 4. The molecule has 4 atom stereocenters. The first-order valence-corrected chi connectivity index (χ1v) is 8.65. The van der Waals surface area contributed by atoms with Crippen molar-refractivity contribution in [3.63, 3.8) is 0 Å². The smallest absolute Gasteiger partial charge is 0.335 e. The molecule has 3 aliphatic rings. The lowest BCUT2D eigenvalue weighted by atomic mass is 9.60. The minimum Gasteiger partial charge on any atom is -0.468 e. The zero-order chi connectivity index (χ0) is 21.7. The zero-order valence-electron chi connectivity index (χ0n) is 16.6. The van der Waals surface area contributed by atoms with Gasteiger partial charge in [0.05, 0.1) is 51.7 Å². The minimum absolute atomic E-state index is 0.125. The summed E-state index contributed by atoms with van der Waals surface area (Å²) in [5.41, 5.74) is -4.30. The maximum absolute atomic E-state index is 13.3. The molecule has 0 amide bonds. The molecule has 0 aromatic heterocycles. The SMILES string of the molecule is COC(=O)C1=C(C(=O)OC)[C@@]2(C(=O)OC)C=C(C#N)[C@H]3CN(C)[C@@H]1[C@]32C(=O)OC. The van der Waals surface area contributed by atoms with Crippen molar-refractivity contribution in [1.29, 1.82) is 5.26 Å². The van der Waals surface area contributed by atoms with Crippen LogP contribution in [0, 0.1) is 28.1 Å². The van der Waals surface area contributed by atoms with Gasteiger partial charge in [0.15, 0.2) is 0 Å². The summed E-state index contributed by atoms with van der Waals surface area (Å²) in [7, 11) is 6.05. The Morgan fingerprint density at radius 3 is 2.10 bits per heavy atom. The van der Waals surface area contributed by atoms with Crippen molar-refractivity contribution in [2.75, 3.05) is 42.0 Å². The maximum Gasteiger partial charge on any atom is 0.335 e. The zero-order valence-corrected chi connectivity index (χ0v) is 16.6. The molecule has 1 fully saturated rings. The molecule has 0 radical (unpaired) electrons. The molecule has 3 rings (SSSR count). The van der Waals surface area contributed by atoms with Gasteiger partial charge in [-0.25, -0.2) is 9.59 Å². The van der Waals surface area contributed by atoms with Gasteiger partial charge in [0.25, 0.3) is 0 Å². The van der Waals surface area contributed by atoms with Gasteiger partial charge in [-0.3, -0.25) is 14.5 Å². The molecule has 0 saturated carbocycles. The lowest BCUT2D eigenvalue weighted by Gasteiger charge is -2.39. The quantitative estimate of drug-likeness (QED) is 0.440. The Morgan fingerprint density at radius 1 is 1.03 bits per heavy atom. The van der Waals surface area contributed by atoms with E-state index in [0.29, 0.717) is 0 Å². The summed E-state index contributed by atoms with van der Waals surface area (Å²) in [6.45, 7) is 0.173. The second kappa shape index (κ2) is 6.70. The number of nitrogens with zero attached hydrogens (tertiary/aromatic N) is 2. The monoisotopic (exact) mass is 404 g/mol. The van der Waals surface area contributed by atoms with Crippen LogP contribution in [0.3, 0.4) is 0 Å². The molecule has 0 aromatic carbocycles. The third-order valence-electron chi connectivity index (χ3n) is 6.18. The van der Waals surface area contributed by atoms with Gasteiger partial charge in [0.2, 0.25) is 0 Å². The summed E-state index contributed by atoms with van der Waals surface area (Å²) in [4.78, 5) is 53.8. The molecule has 29 heavy (non-hydrogen) atoms. The minimum atomic E-state index is -2.07. The number of nitriles is 1. The number of likely N-dealkylation sites (tertiary alicyclic amines) is 1. The maximum atomic E-state index is 13.3. The Kier molecular flexibility index (Phi) is 4.75. The first-order chi connectivity index (χ1) is 13.7. The summed E-state index contributed by atoms with van der Waals surface area (Å²) >= 11 is 0. The van der Waals surface area contributed by atoms with E-state index in [0.717, 1.165) is 28.4 Å². The van der Waals surface area contributed by atoms with Gasteiger partial charge >= 0.3 is 23.9 Å². The van der Waals surface area contributed by atoms with Crippen LogP contribution in [0.4, 0.5) is 0 Å². The second-order valence-corrected chi connectivity index (χ2v) is 7.04. The normalized spacial score (nSPS) is 32.2. The highest BCUT2D eigenvalue weighted by Crippen LogP contribution is 2.71. The number of hydrogen-bond acceptors (Lipinski definition) is 10. The summed E-state index contributed by atoms with van der Waals surface area (Å²) in [6, 6.07) is 0.945. The standard InChI is InChI=1S/C19H20N2O8/c1-21-8-10-9(7-20)6-18(16(24)28-4)12(15(23)27-3)11(14(22)26-2)13(21)19(10,18)17(25)29-5/h6,10,13H,8H2,1-5H3/t10-,13+,18-,19+/m1/s1. The third kappa shape index (κ3) is 2.08. The Hall–Kier alpha value is -3.19. The molecule has 1 saturated heterocycles. The number of hydrogen-bond donors (Lipinski definition) is 0. The largest absolute Gasteiger partial charge is 0.468 e. The summed E-state index contributed by atoms with van der Waals surface area (Å²) in [5.74, 6) is -4.52. The van der Waals surface area contributed by atoms with Gasteiger partial charge in [-0.1, -0.05) is 0 Å². The number of ether oxygens (including phenoxy) is 4. The number of carbonyl (C=O) groups is 4. The van der Waals surface area contributed by atoms with E-state index in [9.17, 15) is 24.4 Å². The fourth-order valence-corrected chi connectivity index (χ4v) is 5.32. The molecule has 10 heteroatoms. The Balaban J connectivity index is 2.56. The van der Waals surface area contributed by atoms with Crippen molar-refractivity contribution in [3.05, 3.63) is 22.8 Å². The highest BCUT2D eigenvalue weighted by atomic mass is 16.5. The number of carbonyl (C=O) groups excluding carboxylic acids is 4. The van der Waals surface area contributed by atoms with E-state index in [1.165, 1.54) is 6.08 Å². The van der Waals surface area contributed by atoms with Crippen molar-refractivity contribution in [1.82, 2.24) is 4.90 Å². The van der Waals surface area contributed by atoms with Crippen LogP contribution in [0.2, 0.25) is 0 Å². The summed E-state index contributed by atoms with van der Waals surface area (Å²) in [5, 5.41) is 9.70. The first kappa shape index (κ1) is 20.5. The fourth-order valence-electron chi connectivity index (χ4n) is 5.32. The molecule has 1 heterocycles. The fraction of sp³-hybridized carbons (Fsp3) is 0.526. The van der Waals surface area contributed by atoms with Crippen LogP contribution in [0.25, 0.3) is 0 Å². The van der Waals surface area contributed by atoms with Gasteiger partial charge in [-0.05, 0) is 13.1 Å². The van der Waals surface area contributed by atoms with Crippen LogP contribution in [0.15, 0.2) is 22.8 Å². The molecule has 10 nitrogen and oxygen atoms in total. The lowest BCUT2D eigenvalue weighted by Crippen LogP contribution is -2.56. The summed E-state index contributed by atoms with van der Waals surface area (Å²) in [6.07, 6.45) is 1.24. The molecule has 0 spiro atoms. The van der Waals surface area contributed by atoms with Gasteiger partial charge in [-0.2, -0.15) is 5.26 Å². The van der Waals surface area contributed by atoms with Crippen molar-refractivity contribution >= 4 is 23.9 Å². The number of likely N-dealkylation sites (N-methyl/N-ethyl adjacent to an activating group) is 1. The van der Waals surface area contributed by atoms with Gasteiger partial charge in [-0.15, -0.1) is 0 Å². The topological polar surface area (TPSA) is 132 Å². The van der Waals surface area contributed by atoms with E-state index in [-0.39, 0.29) is 23.3 Å². The van der Waals surface area contributed by atoms with Gasteiger partial charge < -0.3 is 18.9 Å². The van der Waals surface area contributed by atoms with Crippen LogP contribution in [-0.4, -0.2) is 76.9 Å². The molecular weight excluding hydrogens is 384 g/mol. The highest BCUT2D eigenvalue weighted by molar-refractivity contribution is 6.14. The van der Waals surface area contributed by atoms with E-state index in [1.54, 1.807) is 11.9 Å². The van der Waals surface area contributed by atoms with Gasteiger partial charge in [0.1, 0.15) is 10.8 Å². The average Bonchev–Trinajstić information content (AvgIpc) is 3.30. The van der Waals surface area contributed by atoms with Gasteiger partial charge in [0, 0.05) is 18.0 Å². The predicted octanol–water partition coefficient (Wildman–Crippen LogP) is -0.645. The van der Waals surface area contributed by atoms with E-state index in [1.807, 2.05) is 6.07 Å². The molecule has 2 aliphatic carbocycles. The summed E-state index contributed by atoms with van der Waals surface area (Å²) < 4.78 is 19.8. The molecule has 1 aliphatic heterocycles. The van der Waals surface area contributed by atoms with E-state index in [2.05, 4.69) is 0 Å². The van der Waals surface area contributed by atoms with Crippen molar-refractivity contribution in [3.8, 4) is 6.07 Å². The Morgan fingerprint density at radius 2 is 1.62 bits per heavy atom. The van der Waals surface area contributed by atoms with Crippen molar-refractivity contribution in [2.45, 2.75) is 6.04 Å². The number of esters is 4. The van der Waals surface area contributed by atoms with Crippen LogP contribution < -0.4 is 0 Å². The van der Waals surface area contributed by atoms with E-state index < -0.39 is 46.7 Å². The Bertz CT molecular complexity index is 929. The van der Waals surface area contributed by atoms with Crippen LogP contribution in [0.5, 0.6) is 0 Å². The third-order valence-corrected chi connectivity index (χ3v) is 6.18. The molecule has 154 valence electrons. The molecule has 0 bridgehead atoms. The van der Waals surface area contributed by atoms with Crippen LogP contribution in [0.1, 0.15) is 0 Å².